The topological polar surface area (TPSA) is 80.7 Å². The normalized spacial score (nSPS) is 11.2. The molecule has 1 rings (SSSR count). The molecule has 18 heavy (non-hydrogen) atoms. The Labute approximate surface area is 106 Å². The Morgan fingerprint density at radius 2 is 2.11 bits per heavy atom. The SMILES string of the molecule is Cc1cccc(OCCCS(=O)(=O)CC(=O)O)c1. The zero-order valence-corrected chi connectivity index (χ0v) is 10.9. The average Bonchev–Trinajstić information content (AvgIpc) is 2.23. The molecule has 0 spiro atoms. The van der Waals surface area contributed by atoms with Gasteiger partial charge < -0.3 is 9.84 Å². The molecule has 0 bridgehead atoms. The molecular weight excluding hydrogens is 256 g/mol. The quantitative estimate of drug-likeness (QED) is 0.756. The van der Waals surface area contributed by atoms with Gasteiger partial charge in [-0.1, -0.05) is 12.1 Å². The molecule has 0 aromatic heterocycles. The first-order valence-electron chi connectivity index (χ1n) is 5.51. The summed E-state index contributed by atoms with van der Waals surface area (Å²) in [5.41, 5.74) is 1.06. The lowest BCUT2D eigenvalue weighted by molar-refractivity contribution is -0.134. The highest BCUT2D eigenvalue weighted by atomic mass is 32.2. The maximum Gasteiger partial charge on any atom is 0.318 e. The Kier molecular flexibility index (Phi) is 5.15. The Morgan fingerprint density at radius 3 is 2.72 bits per heavy atom. The van der Waals surface area contributed by atoms with Crippen molar-refractivity contribution in [2.24, 2.45) is 0 Å². The first-order chi connectivity index (χ1) is 8.39. The average molecular weight is 272 g/mol. The highest BCUT2D eigenvalue weighted by molar-refractivity contribution is 7.92. The van der Waals surface area contributed by atoms with Crippen molar-refractivity contribution >= 4 is 15.8 Å². The third-order valence-electron chi connectivity index (χ3n) is 2.20. The van der Waals surface area contributed by atoms with E-state index in [1.54, 1.807) is 6.07 Å². The second-order valence-corrected chi connectivity index (χ2v) is 6.19. The molecule has 5 nitrogen and oxygen atoms in total. The molecule has 0 radical (unpaired) electrons. The number of carbonyl (C=O) groups is 1. The van der Waals surface area contributed by atoms with Crippen molar-refractivity contribution < 1.29 is 23.1 Å². The lowest BCUT2D eigenvalue weighted by Gasteiger charge is -2.06. The Balaban J connectivity index is 2.33. The van der Waals surface area contributed by atoms with Crippen LogP contribution in [-0.4, -0.2) is 37.6 Å². The van der Waals surface area contributed by atoms with Crippen molar-refractivity contribution in [2.75, 3.05) is 18.1 Å². The summed E-state index contributed by atoms with van der Waals surface area (Å²) in [6.45, 7) is 2.19. The summed E-state index contributed by atoms with van der Waals surface area (Å²) >= 11 is 0. The fourth-order valence-corrected chi connectivity index (χ4v) is 2.51. The number of rotatable bonds is 7. The summed E-state index contributed by atoms with van der Waals surface area (Å²) in [6, 6.07) is 7.43. The second kappa shape index (κ2) is 6.39. The predicted octanol–water partition coefficient (Wildman–Crippen LogP) is 1.26. The van der Waals surface area contributed by atoms with Gasteiger partial charge in [0.25, 0.3) is 0 Å². The monoisotopic (exact) mass is 272 g/mol. The van der Waals surface area contributed by atoms with E-state index in [9.17, 15) is 13.2 Å². The third kappa shape index (κ3) is 5.67. The molecular formula is C12H16O5S. The number of hydrogen-bond donors (Lipinski definition) is 1. The van der Waals surface area contributed by atoms with E-state index in [1.807, 2.05) is 25.1 Å². The first kappa shape index (κ1) is 14.5. The van der Waals surface area contributed by atoms with Crippen molar-refractivity contribution in [1.82, 2.24) is 0 Å². The second-order valence-electron chi connectivity index (χ2n) is 4.00. The van der Waals surface area contributed by atoms with Gasteiger partial charge in [0, 0.05) is 0 Å². The number of sulfone groups is 1. The Bertz CT molecular complexity index is 507. The lowest BCUT2D eigenvalue weighted by Crippen LogP contribution is -2.19. The van der Waals surface area contributed by atoms with Crippen molar-refractivity contribution in [3.05, 3.63) is 29.8 Å². The molecule has 1 aromatic rings. The van der Waals surface area contributed by atoms with Gasteiger partial charge >= 0.3 is 5.97 Å². The molecule has 0 atom stereocenters. The number of aliphatic carboxylic acids is 1. The number of aryl methyl sites for hydroxylation is 1. The molecule has 6 heteroatoms. The van der Waals surface area contributed by atoms with Crippen LogP contribution < -0.4 is 4.74 Å². The van der Waals surface area contributed by atoms with Gasteiger partial charge in [-0.3, -0.25) is 4.79 Å². The summed E-state index contributed by atoms with van der Waals surface area (Å²) in [6.07, 6.45) is 0.281. The van der Waals surface area contributed by atoms with Gasteiger partial charge in [-0.25, -0.2) is 8.42 Å². The highest BCUT2D eigenvalue weighted by Gasteiger charge is 2.15. The molecule has 0 heterocycles. The molecule has 0 aliphatic heterocycles. The van der Waals surface area contributed by atoms with Crippen molar-refractivity contribution in [3.8, 4) is 5.75 Å². The van der Waals surface area contributed by atoms with Crippen molar-refractivity contribution in [1.29, 1.82) is 0 Å². The van der Waals surface area contributed by atoms with Gasteiger partial charge in [-0.05, 0) is 31.0 Å². The molecule has 0 saturated heterocycles. The van der Waals surface area contributed by atoms with Crippen LogP contribution in [0.1, 0.15) is 12.0 Å². The van der Waals surface area contributed by atoms with Gasteiger partial charge in [-0.15, -0.1) is 0 Å². The summed E-state index contributed by atoms with van der Waals surface area (Å²) in [5, 5.41) is 8.40. The van der Waals surface area contributed by atoms with E-state index in [0.717, 1.165) is 5.56 Å². The van der Waals surface area contributed by atoms with Gasteiger partial charge in [0.05, 0.1) is 12.4 Å². The first-order valence-corrected chi connectivity index (χ1v) is 7.33. The molecule has 0 unspecified atom stereocenters. The molecule has 0 aliphatic rings. The van der Waals surface area contributed by atoms with E-state index >= 15 is 0 Å². The molecule has 0 fully saturated rings. The fraction of sp³-hybridized carbons (Fsp3) is 0.417. The number of ether oxygens (including phenoxy) is 1. The molecule has 1 N–H and O–H groups in total. The maximum absolute atomic E-state index is 11.3. The largest absolute Gasteiger partial charge is 0.494 e. The zero-order valence-electron chi connectivity index (χ0n) is 10.1. The van der Waals surface area contributed by atoms with Crippen LogP contribution in [0.5, 0.6) is 5.75 Å². The Morgan fingerprint density at radius 1 is 1.39 bits per heavy atom. The third-order valence-corrected chi connectivity index (χ3v) is 3.80. The molecule has 100 valence electrons. The number of benzene rings is 1. The van der Waals surface area contributed by atoms with Crippen LogP contribution in [0.15, 0.2) is 24.3 Å². The van der Waals surface area contributed by atoms with E-state index in [0.29, 0.717) is 5.75 Å². The lowest BCUT2D eigenvalue weighted by atomic mass is 10.2. The van der Waals surface area contributed by atoms with E-state index in [2.05, 4.69) is 0 Å². The minimum atomic E-state index is -3.52. The minimum Gasteiger partial charge on any atom is -0.494 e. The van der Waals surface area contributed by atoms with Gasteiger partial charge in [0.2, 0.25) is 0 Å². The number of carboxylic acids is 1. The van der Waals surface area contributed by atoms with Crippen LogP contribution in [0, 0.1) is 6.92 Å². The van der Waals surface area contributed by atoms with Crippen molar-refractivity contribution in [3.63, 3.8) is 0 Å². The summed E-state index contributed by atoms with van der Waals surface area (Å²) in [4.78, 5) is 10.3. The van der Waals surface area contributed by atoms with E-state index < -0.39 is 21.6 Å². The van der Waals surface area contributed by atoms with Gasteiger partial charge in [0.15, 0.2) is 9.84 Å². The van der Waals surface area contributed by atoms with Gasteiger partial charge in [-0.2, -0.15) is 0 Å². The summed E-state index contributed by atoms with van der Waals surface area (Å²) in [7, 11) is -3.52. The fourth-order valence-electron chi connectivity index (χ4n) is 1.43. The smallest absolute Gasteiger partial charge is 0.318 e. The highest BCUT2D eigenvalue weighted by Crippen LogP contribution is 2.12. The van der Waals surface area contributed by atoms with Crippen LogP contribution in [0.4, 0.5) is 0 Å². The van der Waals surface area contributed by atoms with E-state index in [4.69, 9.17) is 9.84 Å². The molecule has 0 aliphatic carbocycles. The maximum atomic E-state index is 11.3. The Hall–Kier alpha value is -1.56. The van der Waals surface area contributed by atoms with Crippen molar-refractivity contribution in [2.45, 2.75) is 13.3 Å². The summed E-state index contributed by atoms with van der Waals surface area (Å²) in [5.74, 6) is -1.64. The number of carboxylic acid groups (broad SMARTS) is 1. The van der Waals surface area contributed by atoms with E-state index in [1.165, 1.54) is 0 Å². The van der Waals surface area contributed by atoms with Crippen LogP contribution in [0.3, 0.4) is 0 Å². The number of hydrogen-bond acceptors (Lipinski definition) is 4. The van der Waals surface area contributed by atoms with E-state index in [-0.39, 0.29) is 18.8 Å². The zero-order chi connectivity index (χ0) is 13.6. The molecule has 0 saturated carbocycles. The van der Waals surface area contributed by atoms with Crippen LogP contribution in [0.25, 0.3) is 0 Å². The van der Waals surface area contributed by atoms with Crippen LogP contribution >= 0.6 is 0 Å². The summed E-state index contributed by atoms with van der Waals surface area (Å²) < 4.78 is 27.9. The standard InChI is InChI=1S/C12H16O5S/c1-10-4-2-5-11(8-10)17-6-3-7-18(15,16)9-12(13)14/h2,4-5,8H,3,6-7,9H2,1H3,(H,13,14). The van der Waals surface area contributed by atoms with Crippen LogP contribution in [-0.2, 0) is 14.6 Å². The molecule has 0 amide bonds. The predicted molar refractivity (Wildman–Crippen MR) is 67.6 cm³/mol. The van der Waals surface area contributed by atoms with Crippen LogP contribution in [0.2, 0.25) is 0 Å². The van der Waals surface area contributed by atoms with Gasteiger partial charge in [0.1, 0.15) is 11.5 Å². The molecule has 1 aromatic carbocycles. The minimum absolute atomic E-state index is 0.175.